The van der Waals surface area contributed by atoms with Gasteiger partial charge in [0, 0.05) is 13.0 Å². The number of likely N-dealkylation sites (N-methyl/N-ethyl adjacent to an activating group) is 1. The van der Waals surface area contributed by atoms with Crippen molar-refractivity contribution in [3.63, 3.8) is 0 Å². The van der Waals surface area contributed by atoms with Crippen LogP contribution in [0.25, 0.3) is 0 Å². The van der Waals surface area contributed by atoms with Crippen LogP contribution in [-0.2, 0) is 27.9 Å². The van der Waals surface area contributed by atoms with Gasteiger partial charge in [0.2, 0.25) is 0 Å². The van der Waals surface area contributed by atoms with Gasteiger partial charge < -0.3 is 27.9 Å². The molecule has 0 aliphatic carbocycles. The van der Waals surface area contributed by atoms with Gasteiger partial charge in [-0.1, -0.05) is 102 Å². The zero-order valence-electron chi connectivity index (χ0n) is 27.7. The van der Waals surface area contributed by atoms with E-state index in [-0.39, 0.29) is 25.8 Å². The molecule has 0 radical (unpaired) electrons. The highest BCUT2D eigenvalue weighted by atomic mass is 31.2. The molecule has 0 heterocycles. The molecule has 0 N–H and O–H groups in total. The summed E-state index contributed by atoms with van der Waals surface area (Å²) in [4.78, 5) is 24.6. The van der Waals surface area contributed by atoms with Gasteiger partial charge in [-0.15, -0.1) is 0 Å². The number of ether oxygens (including phenoxy) is 2. The molecule has 248 valence electrons. The number of hydrogen-bond acceptors (Lipinski definition) is 7. The van der Waals surface area contributed by atoms with Crippen LogP contribution in [0.15, 0.2) is 24.3 Å². The van der Waals surface area contributed by atoms with Crippen molar-refractivity contribution >= 4 is 13.8 Å². The van der Waals surface area contributed by atoms with E-state index < -0.39 is 13.9 Å². The van der Waals surface area contributed by atoms with Gasteiger partial charge in [0.25, 0.3) is 7.82 Å². The van der Waals surface area contributed by atoms with Crippen molar-refractivity contribution in [1.29, 1.82) is 0 Å². The number of hydrogen-bond donors (Lipinski definition) is 0. The van der Waals surface area contributed by atoms with Gasteiger partial charge in [0.05, 0.1) is 34.4 Å². The Balaban J connectivity index is 4.29. The second-order valence-electron chi connectivity index (χ2n) is 12.2. The van der Waals surface area contributed by atoms with Crippen LogP contribution in [0.4, 0.5) is 0 Å². The van der Waals surface area contributed by atoms with Crippen molar-refractivity contribution in [2.45, 2.75) is 129 Å². The average Bonchev–Trinajstić information content (AvgIpc) is 2.92. The van der Waals surface area contributed by atoms with Crippen LogP contribution in [0.2, 0.25) is 0 Å². The third kappa shape index (κ3) is 30.4. The van der Waals surface area contributed by atoms with Crippen molar-refractivity contribution in [3.8, 4) is 0 Å². The first kappa shape index (κ1) is 41.0. The van der Waals surface area contributed by atoms with Crippen molar-refractivity contribution in [2.75, 3.05) is 54.1 Å². The van der Waals surface area contributed by atoms with E-state index in [9.17, 15) is 14.3 Å². The van der Waals surface area contributed by atoms with E-state index in [1.165, 1.54) is 44.9 Å². The van der Waals surface area contributed by atoms with E-state index in [0.29, 0.717) is 24.1 Å². The molecule has 0 aromatic carbocycles. The maximum absolute atomic E-state index is 12.4. The maximum Gasteiger partial charge on any atom is 0.306 e. The topological polar surface area (TPSA) is 94.1 Å². The zero-order chi connectivity index (χ0) is 31.4. The SMILES string of the molecule is CCC/C=C\C/C=C\CCCCCCCCOCC(COP(=O)([O-])OCC[N+](C)(C)C)OC(=O)CCCCCCCC. The highest BCUT2D eigenvalue weighted by Gasteiger charge is 2.20. The van der Waals surface area contributed by atoms with Crippen LogP contribution >= 0.6 is 7.82 Å². The number of phosphoric ester groups is 1. The number of rotatable bonds is 30. The summed E-state index contributed by atoms with van der Waals surface area (Å²) in [6, 6.07) is 0. The Morgan fingerprint density at radius 2 is 1.36 bits per heavy atom. The van der Waals surface area contributed by atoms with Gasteiger partial charge in [-0.25, -0.2) is 0 Å². The summed E-state index contributed by atoms with van der Waals surface area (Å²) in [7, 11) is 1.34. The smallest absolute Gasteiger partial charge is 0.306 e. The monoisotopic (exact) mass is 617 g/mol. The van der Waals surface area contributed by atoms with Gasteiger partial charge in [-0.3, -0.25) is 9.36 Å². The van der Waals surface area contributed by atoms with Crippen molar-refractivity contribution < 1.29 is 37.3 Å². The van der Waals surface area contributed by atoms with Gasteiger partial charge in [0.15, 0.2) is 0 Å². The van der Waals surface area contributed by atoms with E-state index in [2.05, 4.69) is 38.2 Å². The van der Waals surface area contributed by atoms with Crippen molar-refractivity contribution in [2.24, 2.45) is 0 Å². The highest BCUT2D eigenvalue weighted by Crippen LogP contribution is 2.38. The molecule has 0 saturated carbocycles. The first-order valence-corrected chi connectivity index (χ1v) is 18.0. The summed E-state index contributed by atoms with van der Waals surface area (Å²) >= 11 is 0. The molecule has 0 aliphatic rings. The molecule has 0 aromatic rings. The first-order valence-electron chi connectivity index (χ1n) is 16.6. The van der Waals surface area contributed by atoms with Crippen LogP contribution in [0, 0.1) is 0 Å². The lowest BCUT2D eigenvalue weighted by Crippen LogP contribution is -2.37. The van der Waals surface area contributed by atoms with Crippen LogP contribution in [0.1, 0.15) is 123 Å². The molecule has 9 heteroatoms. The molecule has 0 bridgehead atoms. The van der Waals surface area contributed by atoms with Crippen molar-refractivity contribution in [3.05, 3.63) is 24.3 Å². The van der Waals surface area contributed by atoms with Crippen LogP contribution in [0.3, 0.4) is 0 Å². The Bertz CT molecular complexity index is 736. The van der Waals surface area contributed by atoms with Crippen molar-refractivity contribution in [1.82, 2.24) is 0 Å². The Labute approximate surface area is 258 Å². The van der Waals surface area contributed by atoms with E-state index in [1.807, 2.05) is 21.1 Å². The number of nitrogens with zero attached hydrogens (tertiary/aromatic N) is 1. The lowest BCUT2D eigenvalue weighted by atomic mass is 10.1. The fourth-order valence-corrected chi connectivity index (χ4v) is 4.84. The summed E-state index contributed by atoms with van der Waals surface area (Å²) < 4.78 is 34.1. The standard InChI is InChI=1S/C33H64NO7P/c1-6-8-10-12-14-15-16-17-18-19-20-21-23-25-28-38-30-32(41-33(35)26-24-22-13-11-9-7-2)31-40-42(36,37)39-29-27-34(3,4)5/h10,12,15-16,32H,6-9,11,13-14,17-31H2,1-5H3/b12-10-,16-15-. The summed E-state index contributed by atoms with van der Waals surface area (Å²) in [5, 5.41) is 0. The molecule has 2 unspecified atom stereocenters. The summed E-state index contributed by atoms with van der Waals surface area (Å²) in [6.07, 6.45) is 26.3. The minimum Gasteiger partial charge on any atom is -0.756 e. The molecular formula is C33H64NO7P. The second kappa shape index (κ2) is 27.5. The van der Waals surface area contributed by atoms with Crippen LogP contribution in [0.5, 0.6) is 0 Å². The Morgan fingerprint density at radius 3 is 2.02 bits per heavy atom. The molecule has 0 aliphatic heterocycles. The summed E-state index contributed by atoms with van der Waals surface area (Å²) in [6.45, 7) is 5.24. The maximum atomic E-state index is 12.4. The quantitative estimate of drug-likeness (QED) is 0.0266. The second-order valence-corrected chi connectivity index (χ2v) is 13.6. The first-order chi connectivity index (χ1) is 20.1. The van der Waals surface area contributed by atoms with E-state index in [0.717, 1.165) is 57.8 Å². The zero-order valence-corrected chi connectivity index (χ0v) is 28.6. The van der Waals surface area contributed by atoms with E-state index >= 15 is 0 Å². The Kier molecular flexibility index (Phi) is 26.9. The largest absolute Gasteiger partial charge is 0.756 e. The predicted molar refractivity (Wildman–Crippen MR) is 171 cm³/mol. The molecule has 0 spiro atoms. The molecule has 42 heavy (non-hydrogen) atoms. The summed E-state index contributed by atoms with van der Waals surface area (Å²) in [5.74, 6) is -0.350. The number of carbonyl (C=O) groups is 1. The Hall–Kier alpha value is -1.02. The fourth-order valence-electron chi connectivity index (χ4n) is 4.11. The molecule has 8 nitrogen and oxygen atoms in total. The lowest BCUT2D eigenvalue weighted by Gasteiger charge is -2.28. The van der Waals surface area contributed by atoms with Gasteiger partial charge in [-0.05, 0) is 38.5 Å². The number of allylic oxidation sites excluding steroid dienone is 4. The molecule has 0 rings (SSSR count). The average molecular weight is 618 g/mol. The van der Waals surface area contributed by atoms with Crippen LogP contribution < -0.4 is 4.89 Å². The number of phosphoric acid groups is 1. The number of esters is 1. The van der Waals surface area contributed by atoms with E-state index in [4.69, 9.17) is 18.5 Å². The molecule has 0 saturated heterocycles. The normalized spacial score (nSPS) is 14.5. The molecule has 0 amide bonds. The highest BCUT2D eigenvalue weighted by molar-refractivity contribution is 7.45. The molecule has 0 fully saturated rings. The molecule has 2 atom stereocenters. The number of unbranched alkanes of at least 4 members (excludes halogenated alkanes) is 12. The minimum atomic E-state index is -4.50. The third-order valence-corrected chi connectivity index (χ3v) is 7.70. The predicted octanol–water partition coefficient (Wildman–Crippen LogP) is 7.91. The Morgan fingerprint density at radius 1 is 0.738 bits per heavy atom. The summed E-state index contributed by atoms with van der Waals surface area (Å²) in [5.41, 5.74) is 0. The van der Waals surface area contributed by atoms with Gasteiger partial charge >= 0.3 is 5.97 Å². The van der Waals surface area contributed by atoms with E-state index in [1.54, 1.807) is 0 Å². The molecular weight excluding hydrogens is 553 g/mol. The lowest BCUT2D eigenvalue weighted by molar-refractivity contribution is -0.870. The minimum absolute atomic E-state index is 0.0245. The van der Waals surface area contributed by atoms with Gasteiger partial charge in [-0.2, -0.15) is 0 Å². The number of quaternary nitrogens is 1. The fraction of sp³-hybridized carbons (Fsp3) is 0.848. The third-order valence-electron chi connectivity index (χ3n) is 6.74. The van der Waals surface area contributed by atoms with Crippen LogP contribution in [-0.4, -0.2) is 70.7 Å². The van der Waals surface area contributed by atoms with Gasteiger partial charge in [0.1, 0.15) is 19.3 Å². The number of carbonyl (C=O) groups excluding carboxylic acids is 1. The molecule has 0 aromatic heterocycles.